The van der Waals surface area contributed by atoms with Crippen molar-refractivity contribution in [2.75, 3.05) is 23.8 Å². The van der Waals surface area contributed by atoms with Crippen LogP contribution in [0.15, 0.2) is 47.1 Å². The molecule has 32 heavy (non-hydrogen) atoms. The van der Waals surface area contributed by atoms with Gasteiger partial charge in [0.1, 0.15) is 11.5 Å². The maximum Gasteiger partial charge on any atom is 0.239 e. The van der Waals surface area contributed by atoms with Crippen molar-refractivity contribution in [3.8, 4) is 11.3 Å². The van der Waals surface area contributed by atoms with Crippen molar-refractivity contribution in [3.05, 3.63) is 54.0 Å². The van der Waals surface area contributed by atoms with Gasteiger partial charge in [-0.25, -0.2) is 4.98 Å². The molecule has 9 heteroatoms. The number of likely N-dealkylation sites (N-methyl/N-ethyl adjacent to an activating group) is 1. The van der Waals surface area contributed by atoms with Crippen LogP contribution in [0.3, 0.4) is 0 Å². The van der Waals surface area contributed by atoms with Crippen molar-refractivity contribution < 1.29 is 9.21 Å². The molecule has 0 unspecified atom stereocenters. The van der Waals surface area contributed by atoms with Crippen LogP contribution in [-0.4, -0.2) is 39.6 Å². The number of carbonyl (C=O) groups excluding carboxylic acids is 1. The molecule has 0 atom stereocenters. The number of hydrogen-bond acceptors (Lipinski definition) is 7. The summed E-state index contributed by atoms with van der Waals surface area (Å²) < 4.78 is 7.09. The zero-order valence-electron chi connectivity index (χ0n) is 19.0. The average Bonchev–Trinajstić information content (AvgIpc) is 3.43. The zero-order valence-corrected chi connectivity index (χ0v) is 19.8. The summed E-state index contributed by atoms with van der Waals surface area (Å²) >= 11 is 1.45. The lowest BCUT2D eigenvalue weighted by atomic mass is 10.1. The molecule has 2 N–H and O–H groups in total. The number of hydrogen-bond donors (Lipinski definition) is 2. The van der Waals surface area contributed by atoms with Gasteiger partial charge >= 0.3 is 0 Å². The van der Waals surface area contributed by atoms with Gasteiger partial charge in [-0.2, -0.15) is 4.52 Å². The van der Waals surface area contributed by atoms with Crippen LogP contribution in [0.4, 0.5) is 10.9 Å². The third-order valence-electron chi connectivity index (χ3n) is 4.72. The van der Waals surface area contributed by atoms with E-state index in [1.807, 2.05) is 28.6 Å². The SMILES string of the molecule is Cc1cccc(-c2nc3sc(N(C)CC(=O)NCc4ccco4)nn3c2NC(C)(C)C)c1. The first-order chi connectivity index (χ1) is 15.2. The lowest BCUT2D eigenvalue weighted by Crippen LogP contribution is -2.34. The maximum atomic E-state index is 12.3. The van der Waals surface area contributed by atoms with Crippen LogP contribution in [0, 0.1) is 6.92 Å². The Morgan fingerprint density at radius 3 is 2.75 bits per heavy atom. The van der Waals surface area contributed by atoms with E-state index in [0.29, 0.717) is 11.7 Å². The molecule has 0 radical (unpaired) electrons. The van der Waals surface area contributed by atoms with E-state index in [-0.39, 0.29) is 18.0 Å². The summed E-state index contributed by atoms with van der Waals surface area (Å²) in [4.78, 5) is 19.8. The van der Waals surface area contributed by atoms with E-state index in [2.05, 4.69) is 56.5 Å². The smallest absolute Gasteiger partial charge is 0.239 e. The molecular weight excluding hydrogens is 424 g/mol. The van der Waals surface area contributed by atoms with Gasteiger partial charge in [0.25, 0.3) is 0 Å². The number of anilines is 2. The molecule has 4 rings (SSSR count). The zero-order chi connectivity index (χ0) is 22.9. The van der Waals surface area contributed by atoms with Crippen LogP contribution in [0.1, 0.15) is 32.1 Å². The van der Waals surface area contributed by atoms with Crippen molar-refractivity contribution in [1.82, 2.24) is 19.9 Å². The van der Waals surface area contributed by atoms with Gasteiger partial charge in [0, 0.05) is 18.2 Å². The topological polar surface area (TPSA) is 87.7 Å². The fourth-order valence-corrected chi connectivity index (χ4v) is 4.15. The van der Waals surface area contributed by atoms with E-state index in [9.17, 15) is 4.79 Å². The molecule has 0 bridgehead atoms. The van der Waals surface area contributed by atoms with Crippen LogP contribution < -0.4 is 15.5 Å². The Labute approximate surface area is 191 Å². The number of aromatic nitrogens is 3. The Kier molecular flexibility index (Phi) is 5.92. The molecule has 0 saturated carbocycles. The number of carbonyl (C=O) groups is 1. The van der Waals surface area contributed by atoms with Crippen LogP contribution in [0.2, 0.25) is 0 Å². The number of imidazole rings is 1. The molecule has 0 aliphatic carbocycles. The molecule has 0 aliphatic rings. The van der Waals surface area contributed by atoms with E-state index in [4.69, 9.17) is 14.5 Å². The molecule has 168 valence electrons. The van der Waals surface area contributed by atoms with E-state index in [1.165, 1.54) is 16.9 Å². The summed E-state index contributed by atoms with van der Waals surface area (Å²) in [6, 6.07) is 11.9. The van der Waals surface area contributed by atoms with E-state index in [1.54, 1.807) is 12.3 Å². The van der Waals surface area contributed by atoms with Crippen molar-refractivity contribution >= 4 is 33.2 Å². The van der Waals surface area contributed by atoms with Crippen molar-refractivity contribution in [2.45, 2.75) is 39.8 Å². The predicted octanol–water partition coefficient (Wildman–Crippen LogP) is 4.32. The summed E-state index contributed by atoms with van der Waals surface area (Å²) in [5, 5.41) is 11.9. The molecule has 4 aromatic rings. The van der Waals surface area contributed by atoms with Gasteiger partial charge in [0.05, 0.1) is 19.4 Å². The average molecular weight is 453 g/mol. The second-order valence-electron chi connectivity index (χ2n) is 8.84. The normalized spacial score (nSPS) is 11.7. The van der Waals surface area contributed by atoms with E-state index < -0.39 is 0 Å². The number of benzene rings is 1. The summed E-state index contributed by atoms with van der Waals surface area (Å²) in [7, 11) is 1.85. The minimum Gasteiger partial charge on any atom is -0.467 e. The quantitative estimate of drug-likeness (QED) is 0.434. The number of amides is 1. The lowest BCUT2D eigenvalue weighted by Gasteiger charge is -2.22. The lowest BCUT2D eigenvalue weighted by molar-refractivity contribution is -0.120. The molecule has 0 spiro atoms. The minimum atomic E-state index is -0.171. The fourth-order valence-electron chi connectivity index (χ4n) is 3.29. The van der Waals surface area contributed by atoms with Gasteiger partial charge in [-0.15, -0.1) is 5.10 Å². The molecular formula is C23H28N6O2S. The van der Waals surface area contributed by atoms with Crippen molar-refractivity contribution in [2.24, 2.45) is 0 Å². The Bertz CT molecular complexity index is 1220. The highest BCUT2D eigenvalue weighted by Crippen LogP contribution is 2.34. The number of furan rings is 1. The standard InChI is InChI=1S/C23H28N6O2S/c1-15-8-6-9-16(12-15)19-20(26-23(2,3)4)29-21(25-19)32-22(27-29)28(5)14-18(30)24-13-17-10-7-11-31-17/h6-12,26H,13-14H2,1-5H3,(H,24,30). The Balaban J connectivity index is 1.58. The molecule has 3 heterocycles. The van der Waals surface area contributed by atoms with Crippen molar-refractivity contribution in [3.63, 3.8) is 0 Å². The second-order valence-corrected chi connectivity index (χ2v) is 9.78. The van der Waals surface area contributed by atoms with Gasteiger partial charge in [-0.05, 0) is 45.9 Å². The Hall–Kier alpha value is -3.33. The first-order valence-corrected chi connectivity index (χ1v) is 11.3. The molecule has 0 saturated heterocycles. The predicted molar refractivity (Wildman–Crippen MR) is 128 cm³/mol. The number of nitrogens with one attached hydrogen (secondary N) is 2. The summed E-state index contributed by atoms with van der Waals surface area (Å²) in [5.74, 6) is 1.46. The van der Waals surface area contributed by atoms with Crippen LogP contribution in [0.5, 0.6) is 0 Å². The van der Waals surface area contributed by atoms with Crippen LogP contribution in [-0.2, 0) is 11.3 Å². The molecule has 8 nitrogen and oxygen atoms in total. The molecule has 1 aromatic carbocycles. The summed E-state index contributed by atoms with van der Waals surface area (Å²) in [5.41, 5.74) is 2.92. The number of fused-ring (bicyclic) bond motifs is 1. The summed E-state index contributed by atoms with van der Waals surface area (Å²) in [6.45, 7) is 8.94. The first kappa shape index (κ1) is 21.9. The summed E-state index contributed by atoms with van der Waals surface area (Å²) in [6.07, 6.45) is 1.59. The number of rotatable bonds is 7. The van der Waals surface area contributed by atoms with Gasteiger partial charge in [0.2, 0.25) is 16.0 Å². The van der Waals surface area contributed by atoms with Gasteiger partial charge in [0.15, 0.2) is 5.82 Å². The number of nitrogens with zero attached hydrogens (tertiary/aromatic N) is 4. The van der Waals surface area contributed by atoms with E-state index >= 15 is 0 Å². The maximum absolute atomic E-state index is 12.3. The van der Waals surface area contributed by atoms with Crippen molar-refractivity contribution in [1.29, 1.82) is 0 Å². The highest BCUT2D eigenvalue weighted by Gasteiger charge is 2.23. The third kappa shape index (κ3) is 4.94. The monoisotopic (exact) mass is 452 g/mol. The third-order valence-corrected chi connectivity index (χ3v) is 5.75. The van der Waals surface area contributed by atoms with Gasteiger partial charge in [-0.1, -0.05) is 35.1 Å². The first-order valence-electron chi connectivity index (χ1n) is 10.4. The van der Waals surface area contributed by atoms with Crippen LogP contribution >= 0.6 is 11.3 Å². The molecule has 0 fully saturated rings. The highest BCUT2D eigenvalue weighted by molar-refractivity contribution is 7.20. The van der Waals surface area contributed by atoms with Crippen LogP contribution in [0.25, 0.3) is 16.2 Å². The highest BCUT2D eigenvalue weighted by atomic mass is 32.1. The van der Waals surface area contributed by atoms with E-state index in [0.717, 1.165) is 27.8 Å². The molecule has 1 amide bonds. The minimum absolute atomic E-state index is 0.106. The Morgan fingerprint density at radius 1 is 1.25 bits per heavy atom. The fraction of sp³-hybridized carbons (Fsp3) is 0.348. The van der Waals surface area contributed by atoms with Gasteiger partial charge in [-0.3, -0.25) is 4.79 Å². The molecule has 3 aromatic heterocycles. The Morgan fingerprint density at radius 2 is 2.06 bits per heavy atom. The second kappa shape index (κ2) is 8.66. The largest absolute Gasteiger partial charge is 0.467 e. The van der Waals surface area contributed by atoms with Gasteiger partial charge < -0.3 is 20.0 Å². The molecule has 0 aliphatic heterocycles. The number of aryl methyl sites for hydroxylation is 1.